The van der Waals surface area contributed by atoms with Crippen molar-refractivity contribution in [3.63, 3.8) is 0 Å². The van der Waals surface area contributed by atoms with Gasteiger partial charge in [0.2, 0.25) is 0 Å². The Labute approximate surface area is 94.4 Å². The van der Waals surface area contributed by atoms with E-state index in [-0.39, 0.29) is 12.6 Å². The maximum Gasteiger partial charge on any atom is 0.326 e. The molecule has 92 valence electrons. The van der Waals surface area contributed by atoms with E-state index in [1.165, 1.54) is 9.80 Å². The largest absolute Gasteiger partial charge is 0.480 e. The van der Waals surface area contributed by atoms with Crippen molar-refractivity contribution < 1.29 is 19.8 Å². The molecular weight excluding hydrogens is 212 g/mol. The lowest BCUT2D eigenvalue weighted by atomic mass is 10.2. The Hall–Kier alpha value is -1.30. The molecule has 1 saturated heterocycles. The number of hydrogen-bond donors (Lipinski definition) is 2. The maximum absolute atomic E-state index is 11.9. The third-order valence-corrected chi connectivity index (χ3v) is 2.65. The molecule has 6 heteroatoms. The summed E-state index contributed by atoms with van der Waals surface area (Å²) >= 11 is 0. The number of likely N-dealkylation sites (N-methyl/N-ethyl adjacent to an activating group) is 1. The summed E-state index contributed by atoms with van der Waals surface area (Å²) in [5.74, 6) is -0.962. The van der Waals surface area contributed by atoms with Gasteiger partial charge in [-0.2, -0.15) is 0 Å². The molecule has 0 aromatic heterocycles. The van der Waals surface area contributed by atoms with Gasteiger partial charge in [-0.3, -0.25) is 0 Å². The molecule has 1 aliphatic heterocycles. The van der Waals surface area contributed by atoms with Crippen LogP contribution in [0.3, 0.4) is 0 Å². The molecule has 0 spiro atoms. The SMILES string of the molecule is CC(O)CN(C)C(=O)N1CCC[C@H]1C(=O)O. The third-order valence-electron chi connectivity index (χ3n) is 2.65. The molecular formula is C10H18N2O4. The number of rotatable bonds is 3. The molecule has 1 unspecified atom stereocenters. The number of carbonyl (C=O) groups is 2. The highest BCUT2D eigenvalue weighted by Gasteiger charge is 2.35. The molecule has 1 heterocycles. The van der Waals surface area contributed by atoms with Gasteiger partial charge in [0.15, 0.2) is 0 Å². The number of carbonyl (C=O) groups excluding carboxylic acids is 1. The summed E-state index contributed by atoms with van der Waals surface area (Å²) in [4.78, 5) is 25.5. The van der Waals surface area contributed by atoms with Crippen molar-refractivity contribution >= 4 is 12.0 Å². The van der Waals surface area contributed by atoms with Crippen LogP contribution in [0.4, 0.5) is 4.79 Å². The van der Waals surface area contributed by atoms with Gasteiger partial charge in [-0.05, 0) is 19.8 Å². The normalized spacial score (nSPS) is 21.9. The molecule has 1 rings (SSSR count). The van der Waals surface area contributed by atoms with Gasteiger partial charge in [-0.1, -0.05) is 0 Å². The summed E-state index contributed by atoms with van der Waals surface area (Å²) in [6.45, 7) is 2.27. The average Bonchev–Trinajstić information content (AvgIpc) is 2.63. The minimum Gasteiger partial charge on any atom is -0.480 e. The van der Waals surface area contributed by atoms with Crippen LogP contribution in [0.5, 0.6) is 0 Å². The van der Waals surface area contributed by atoms with Crippen LogP contribution in [0.15, 0.2) is 0 Å². The first-order valence-electron chi connectivity index (χ1n) is 5.36. The monoisotopic (exact) mass is 230 g/mol. The van der Waals surface area contributed by atoms with Crippen molar-refractivity contribution in [2.75, 3.05) is 20.1 Å². The molecule has 0 aromatic carbocycles. The zero-order valence-electron chi connectivity index (χ0n) is 9.59. The average molecular weight is 230 g/mol. The van der Waals surface area contributed by atoms with E-state index in [0.717, 1.165) is 0 Å². The maximum atomic E-state index is 11.9. The number of carboxylic acid groups (broad SMARTS) is 1. The van der Waals surface area contributed by atoms with Gasteiger partial charge in [0.05, 0.1) is 6.10 Å². The molecule has 0 saturated carbocycles. The fraction of sp³-hybridized carbons (Fsp3) is 0.800. The lowest BCUT2D eigenvalue weighted by Gasteiger charge is -2.28. The Kier molecular flexibility index (Phi) is 4.12. The highest BCUT2D eigenvalue weighted by molar-refractivity contribution is 5.83. The van der Waals surface area contributed by atoms with Crippen molar-refractivity contribution in [2.24, 2.45) is 0 Å². The zero-order valence-corrected chi connectivity index (χ0v) is 9.59. The quantitative estimate of drug-likeness (QED) is 0.713. The van der Waals surface area contributed by atoms with Crippen LogP contribution in [-0.4, -0.2) is 64.3 Å². The molecule has 0 aliphatic carbocycles. The lowest BCUT2D eigenvalue weighted by Crippen LogP contribution is -2.48. The lowest BCUT2D eigenvalue weighted by molar-refractivity contribution is -0.141. The van der Waals surface area contributed by atoms with E-state index in [9.17, 15) is 9.59 Å². The van der Waals surface area contributed by atoms with Gasteiger partial charge in [-0.15, -0.1) is 0 Å². The van der Waals surface area contributed by atoms with Crippen molar-refractivity contribution in [2.45, 2.75) is 31.9 Å². The zero-order chi connectivity index (χ0) is 12.3. The van der Waals surface area contributed by atoms with Crippen LogP contribution < -0.4 is 0 Å². The van der Waals surface area contributed by atoms with Crippen LogP contribution in [-0.2, 0) is 4.79 Å². The van der Waals surface area contributed by atoms with Gasteiger partial charge < -0.3 is 20.0 Å². The van der Waals surface area contributed by atoms with Crippen LogP contribution in [0.2, 0.25) is 0 Å². The number of aliphatic hydroxyl groups is 1. The Morgan fingerprint density at radius 2 is 2.19 bits per heavy atom. The second kappa shape index (κ2) is 5.16. The highest BCUT2D eigenvalue weighted by Crippen LogP contribution is 2.18. The summed E-state index contributed by atoms with van der Waals surface area (Å²) < 4.78 is 0. The Balaban J connectivity index is 2.62. The predicted molar refractivity (Wildman–Crippen MR) is 57.1 cm³/mol. The van der Waals surface area contributed by atoms with Crippen molar-refractivity contribution in [1.82, 2.24) is 9.80 Å². The van der Waals surface area contributed by atoms with E-state index in [0.29, 0.717) is 19.4 Å². The van der Waals surface area contributed by atoms with Crippen LogP contribution >= 0.6 is 0 Å². The van der Waals surface area contributed by atoms with E-state index >= 15 is 0 Å². The van der Waals surface area contributed by atoms with E-state index in [1.54, 1.807) is 14.0 Å². The first-order chi connectivity index (χ1) is 7.43. The number of amides is 2. The van der Waals surface area contributed by atoms with Crippen molar-refractivity contribution in [3.05, 3.63) is 0 Å². The van der Waals surface area contributed by atoms with Gasteiger partial charge >= 0.3 is 12.0 Å². The molecule has 2 N–H and O–H groups in total. The summed E-state index contributed by atoms with van der Waals surface area (Å²) in [6.07, 6.45) is 0.606. The summed E-state index contributed by atoms with van der Waals surface area (Å²) in [6, 6.07) is -1.05. The third kappa shape index (κ3) is 2.85. The minimum atomic E-state index is -0.962. The number of hydrogen-bond acceptors (Lipinski definition) is 3. The van der Waals surface area contributed by atoms with Crippen LogP contribution in [0.25, 0.3) is 0 Å². The van der Waals surface area contributed by atoms with Gasteiger partial charge in [0, 0.05) is 20.1 Å². The summed E-state index contributed by atoms with van der Waals surface area (Å²) in [5, 5.41) is 18.1. The Morgan fingerprint density at radius 3 is 2.69 bits per heavy atom. The molecule has 2 amide bonds. The van der Waals surface area contributed by atoms with Crippen LogP contribution in [0, 0.1) is 0 Å². The predicted octanol–water partition coefficient (Wildman–Crippen LogP) is -0.0320. The van der Waals surface area contributed by atoms with Crippen LogP contribution in [0.1, 0.15) is 19.8 Å². The number of likely N-dealkylation sites (tertiary alicyclic amines) is 1. The van der Waals surface area contributed by atoms with E-state index in [1.807, 2.05) is 0 Å². The first kappa shape index (κ1) is 12.8. The Bertz CT molecular complexity index is 280. The van der Waals surface area contributed by atoms with Crippen molar-refractivity contribution in [3.8, 4) is 0 Å². The molecule has 0 radical (unpaired) electrons. The number of aliphatic carboxylic acids is 1. The van der Waals surface area contributed by atoms with Gasteiger partial charge in [0.1, 0.15) is 6.04 Å². The molecule has 1 fully saturated rings. The minimum absolute atomic E-state index is 0.210. The number of aliphatic hydroxyl groups excluding tert-OH is 1. The summed E-state index contributed by atoms with van der Waals surface area (Å²) in [5.41, 5.74) is 0. The molecule has 16 heavy (non-hydrogen) atoms. The van der Waals surface area contributed by atoms with Gasteiger partial charge in [0.25, 0.3) is 0 Å². The second-order valence-corrected chi connectivity index (χ2v) is 4.20. The first-order valence-corrected chi connectivity index (χ1v) is 5.36. The second-order valence-electron chi connectivity index (χ2n) is 4.20. The number of nitrogens with zero attached hydrogens (tertiary/aromatic N) is 2. The highest BCUT2D eigenvalue weighted by atomic mass is 16.4. The number of urea groups is 1. The smallest absolute Gasteiger partial charge is 0.326 e. The Morgan fingerprint density at radius 1 is 1.56 bits per heavy atom. The molecule has 1 aliphatic rings. The van der Waals surface area contributed by atoms with Crippen molar-refractivity contribution in [1.29, 1.82) is 0 Å². The summed E-state index contributed by atoms with van der Waals surface area (Å²) in [7, 11) is 1.56. The van der Waals surface area contributed by atoms with Gasteiger partial charge in [-0.25, -0.2) is 9.59 Å². The molecule has 2 atom stereocenters. The fourth-order valence-electron chi connectivity index (χ4n) is 1.95. The molecule has 0 bridgehead atoms. The molecule has 6 nitrogen and oxygen atoms in total. The number of carboxylic acids is 1. The standard InChI is InChI=1S/C10H18N2O4/c1-7(13)6-11(2)10(16)12-5-3-4-8(12)9(14)15/h7-8,13H,3-6H2,1-2H3,(H,14,15)/t7?,8-/m0/s1. The van der Waals surface area contributed by atoms with E-state index < -0.39 is 18.1 Å². The van der Waals surface area contributed by atoms with E-state index in [2.05, 4.69) is 0 Å². The fourth-order valence-corrected chi connectivity index (χ4v) is 1.95. The molecule has 0 aromatic rings. The topological polar surface area (TPSA) is 81.1 Å². The van der Waals surface area contributed by atoms with E-state index in [4.69, 9.17) is 10.2 Å².